The number of likely N-dealkylation sites (tertiary alicyclic amines) is 1. The predicted molar refractivity (Wildman–Crippen MR) is 93.7 cm³/mol. The maximum Gasteiger partial charge on any atom is 0.220 e. The molecule has 1 amide bonds. The lowest BCUT2D eigenvalue weighted by Crippen LogP contribution is -3.13. The fourth-order valence-electron chi connectivity index (χ4n) is 3.64. The number of halogens is 1. The van der Waals surface area contributed by atoms with Gasteiger partial charge in [0.25, 0.3) is 0 Å². The minimum Gasteiger partial charge on any atom is -0.369 e. The standard InChI is InChI=1S/C18H25FN6O/c1-18(2,3)25-17(21-22-23-25)15(12-4-6-14(19)7-5-12)24-10-8-13(9-11-24)16(20)26/h4-7,13,15H,8-11H2,1-3H3,(H2,20,26)/p+1/t15-/m1/s1. The number of rotatable bonds is 4. The van der Waals surface area contributed by atoms with E-state index in [1.54, 1.807) is 12.1 Å². The van der Waals surface area contributed by atoms with Gasteiger partial charge in [0.1, 0.15) is 5.82 Å². The van der Waals surface area contributed by atoms with Gasteiger partial charge in [-0.1, -0.05) is 0 Å². The first-order chi connectivity index (χ1) is 12.3. The number of primary amides is 1. The summed E-state index contributed by atoms with van der Waals surface area (Å²) in [6.45, 7) is 7.70. The minimum atomic E-state index is -0.276. The second-order valence-electron chi connectivity index (χ2n) is 7.94. The predicted octanol–water partition coefficient (Wildman–Crippen LogP) is 0.437. The van der Waals surface area contributed by atoms with Crippen LogP contribution in [0.5, 0.6) is 0 Å². The van der Waals surface area contributed by atoms with E-state index in [4.69, 9.17) is 5.73 Å². The summed E-state index contributed by atoms with van der Waals surface area (Å²) in [6.07, 6.45) is 1.47. The van der Waals surface area contributed by atoms with E-state index >= 15 is 0 Å². The molecular formula is C18H26FN6O+. The first-order valence-electron chi connectivity index (χ1n) is 8.95. The van der Waals surface area contributed by atoms with Crippen LogP contribution in [-0.2, 0) is 10.3 Å². The Bertz CT molecular complexity index is 759. The molecule has 2 aromatic rings. The van der Waals surface area contributed by atoms with Crippen LogP contribution in [0.4, 0.5) is 4.39 Å². The quantitative estimate of drug-likeness (QED) is 0.827. The van der Waals surface area contributed by atoms with E-state index in [1.807, 2.05) is 25.5 Å². The number of piperidine rings is 1. The van der Waals surface area contributed by atoms with Crippen molar-refractivity contribution in [1.82, 2.24) is 20.2 Å². The summed E-state index contributed by atoms with van der Waals surface area (Å²) >= 11 is 0. The maximum absolute atomic E-state index is 13.4. The van der Waals surface area contributed by atoms with Crippen molar-refractivity contribution in [2.24, 2.45) is 11.7 Å². The van der Waals surface area contributed by atoms with Gasteiger partial charge in [-0.3, -0.25) is 4.79 Å². The van der Waals surface area contributed by atoms with Crippen LogP contribution in [0.15, 0.2) is 24.3 Å². The SMILES string of the molecule is CC(C)(C)n1nnnc1[C@@H](c1ccc(F)cc1)[NH+]1CCC(C(N)=O)CC1. The molecule has 1 aromatic carbocycles. The van der Waals surface area contributed by atoms with Gasteiger partial charge in [-0.05, 0) is 55.5 Å². The molecule has 1 aromatic heterocycles. The van der Waals surface area contributed by atoms with Gasteiger partial charge in [0.2, 0.25) is 11.7 Å². The highest BCUT2D eigenvalue weighted by molar-refractivity contribution is 5.76. The Morgan fingerprint density at radius 3 is 2.42 bits per heavy atom. The van der Waals surface area contributed by atoms with Crippen molar-refractivity contribution in [2.45, 2.75) is 45.2 Å². The van der Waals surface area contributed by atoms with E-state index in [-0.39, 0.29) is 29.2 Å². The summed E-state index contributed by atoms with van der Waals surface area (Å²) in [6, 6.07) is 6.37. The third-order valence-electron chi connectivity index (χ3n) is 5.03. The van der Waals surface area contributed by atoms with Crippen molar-refractivity contribution in [3.63, 3.8) is 0 Å². The van der Waals surface area contributed by atoms with Gasteiger partial charge in [-0.2, -0.15) is 0 Å². The van der Waals surface area contributed by atoms with Crippen LogP contribution in [0.1, 0.15) is 51.0 Å². The second kappa shape index (κ2) is 7.11. The van der Waals surface area contributed by atoms with Crippen molar-refractivity contribution in [1.29, 1.82) is 0 Å². The average Bonchev–Trinajstić information content (AvgIpc) is 3.07. The molecule has 7 nitrogen and oxygen atoms in total. The molecule has 1 aliphatic heterocycles. The highest BCUT2D eigenvalue weighted by Crippen LogP contribution is 2.23. The van der Waals surface area contributed by atoms with Crippen LogP contribution in [0.2, 0.25) is 0 Å². The van der Waals surface area contributed by atoms with Crippen molar-refractivity contribution < 1.29 is 14.1 Å². The number of nitrogens with one attached hydrogen (secondary N) is 1. The zero-order valence-electron chi connectivity index (χ0n) is 15.4. The van der Waals surface area contributed by atoms with Crippen LogP contribution in [0.3, 0.4) is 0 Å². The molecule has 0 radical (unpaired) electrons. The Kier molecular flexibility index (Phi) is 5.04. The van der Waals surface area contributed by atoms with Crippen molar-refractivity contribution >= 4 is 5.91 Å². The second-order valence-corrected chi connectivity index (χ2v) is 7.94. The molecule has 3 N–H and O–H groups in total. The summed E-state index contributed by atoms with van der Waals surface area (Å²) in [5, 5.41) is 12.4. The van der Waals surface area contributed by atoms with Gasteiger partial charge in [0.15, 0.2) is 6.04 Å². The zero-order valence-corrected chi connectivity index (χ0v) is 15.4. The molecule has 8 heteroatoms. The van der Waals surface area contributed by atoms with Crippen molar-refractivity contribution in [3.05, 3.63) is 41.5 Å². The Labute approximate surface area is 152 Å². The number of quaternary nitrogens is 1. The molecule has 1 atom stereocenters. The number of nitrogens with two attached hydrogens (primary N) is 1. The molecule has 0 bridgehead atoms. The topological polar surface area (TPSA) is 91.1 Å². The first kappa shape index (κ1) is 18.4. The molecule has 140 valence electrons. The lowest BCUT2D eigenvalue weighted by Gasteiger charge is -2.34. The molecule has 1 saturated heterocycles. The van der Waals surface area contributed by atoms with Gasteiger partial charge < -0.3 is 10.6 Å². The van der Waals surface area contributed by atoms with E-state index in [1.165, 1.54) is 17.0 Å². The molecule has 0 spiro atoms. The van der Waals surface area contributed by atoms with E-state index in [9.17, 15) is 9.18 Å². The molecule has 1 fully saturated rings. The summed E-state index contributed by atoms with van der Waals surface area (Å²) in [5.74, 6) is 0.162. The molecule has 1 aliphatic rings. The van der Waals surface area contributed by atoms with Crippen molar-refractivity contribution in [3.8, 4) is 0 Å². The normalized spacial score (nSPS) is 22.2. The fourth-order valence-corrected chi connectivity index (χ4v) is 3.64. The third-order valence-corrected chi connectivity index (χ3v) is 5.03. The Morgan fingerprint density at radius 2 is 1.88 bits per heavy atom. The number of carbonyl (C=O) groups excluding carboxylic acids is 1. The van der Waals surface area contributed by atoms with E-state index in [2.05, 4.69) is 15.5 Å². The van der Waals surface area contributed by atoms with E-state index in [0.717, 1.165) is 37.3 Å². The van der Waals surface area contributed by atoms with Gasteiger partial charge in [0.05, 0.1) is 18.6 Å². The highest BCUT2D eigenvalue weighted by Gasteiger charge is 2.37. The van der Waals surface area contributed by atoms with Gasteiger partial charge >= 0.3 is 0 Å². The van der Waals surface area contributed by atoms with Crippen molar-refractivity contribution in [2.75, 3.05) is 13.1 Å². The number of amides is 1. The Balaban J connectivity index is 1.97. The largest absolute Gasteiger partial charge is 0.369 e. The van der Waals surface area contributed by atoms with Gasteiger partial charge in [-0.25, -0.2) is 9.07 Å². The molecule has 26 heavy (non-hydrogen) atoms. The zero-order chi connectivity index (χ0) is 18.9. The van der Waals surface area contributed by atoms with Crippen LogP contribution in [0.25, 0.3) is 0 Å². The summed E-state index contributed by atoms with van der Waals surface area (Å²) < 4.78 is 15.3. The lowest BCUT2D eigenvalue weighted by atomic mass is 9.93. The van der Waals surface area contributed by atoms with Crippen LogP contribution in [0, 0.1) is 11.7 Å². The highest BCUT2D eigenvalue weighted by atomic mass is 19.1. The molecular weight excluding hydrogens is 335 g/mol. The first-order valence-corrected chi connectivity index (χ1v) is 8.95. The molecule has 0 unspecified atom stereocenters. The Morgan fingerprint density at radius 1 is 1.27 bits per heavy atom. The number of carbonyl (C=O) groups is 1. The fraction of sp³-hybridized carbons (Fsp3) is 0.556. The number of hydrogen-bond acceptors (Lipinski definition) is 4. The third kappa shape index (κ3) is 3.75. The molecule has 2 heterocycles. The molecule has 0 saturated carbocycles. The smallest absolute Gasteiger partial charge is 0.220 e. The monoisotopic (exact) mass is 361 g/mol. The van der Waals surface area contributed by atoms with Crippen LogP contribution in [-0.4, -0.2) is 39.2 Å². The summed E-state index contributed by atoms with van der Waals surface area (Å²) in [5.41, 5.74) is 6.15. The van der Waals surface area contributed by atoms with Crippen LogP contribution >= 0.6 is 0 Å². The number of hydrogen-bond donors (Lipinski definition) is 2. The van der Waals surface area contributed by atoms with Crippen LogP contribution < -0.4 is 10.6 Å². The lowest BCUT2D eigenvalue weighted by molar-refractivity contribution is -0.931. The Hall–Kier alpha value is -2.35. The number of tetrazole rings is 1. The molecule has 3 rings (SSSR count). The maximum atomic E-state index is 13.4. The minimum absolute atomic E-state index is 0.0776. The van der Waals surface area contributed by atoms with E-state index < -0.39 is 0 Å². The van der Waals surface area contributed by atoms with Gasteiger partial charge in [0, 0.05) is 24.3 Å². The number of aromatic nitrogens is 4. The summed E-state index contributed by atoms with van der Waals surface area (Å²) in [7, 11) is 0. The van der Waals surface area contributed by atoms with Gasteiger partial charge in [-0.15, -0.1) is 5.10 Å². The number of nitrogens with zero attached hydrogens (tertiary/aromatic N) is 4. The number of benzene rings is 1. The van der Waals surface area contributed by atoms with E-state index in [0.29, 0.717) is 0 Å². The summed E-state index contributed by atoms with van der Waals surface area (Å²) in [4.78, 5) is 12.7. The molecule has 0 aliphatic carbocycles. The average molecular weight is 361 g/mol.